The van der Waals surface area contributed by atoms with Gasteiger partial charge in [-0.2, -0.15) is 20.1 Å². The van der Waals surface area contributed by atoms with Crippen molar-refractivity contribution in [2.45, 2.75) is 64.7 Å². The van der Waals surface area contributed by atoms with E-state index in [0.29, 0.717) is 32.9 Å². The number of anilines is 2. The van der Waals surface area contributed by atoms with Crippen LogP contribution in [0.1, 0.15) is 40.2 Å². The summed E-state index contributed by atoms with van der Waals surface area (Å²) >= 11 is 0. The second kappa shape index (κ2) is 16.0. The van der Waals surface area contributed by atoms with Gasteiger partial charge in [0.25, 0.3) is 0 Å². The summed E-state index contributed by atoms with van der Waals surface area (Å²) < 4.78 is 28.0. The Bertz CT molecular complexity index is 1630. The Morgan fingerprint density at radius 2 is 1.57 bits per heavy atom. The van der Waals surface area contributed by atoms with Crippen LogP contribution in [-0.4, -0.2) is 106 Å². The van der Waals surface area contributed by atoms with E-state index in [1.165, 1.54) is 0 Å². The van der Waals surface area contributed by atoms with E-state index in [4.69, 9.17) is 18.9 Å². The van der Waals surface area contributed by atoms with Gasteiger partial charge in [-0.15, -0.1) is 0 Å². The van der Waals surface area contributed by atoms with Gasteiger partial charge in [0.2, 0.25) is 5.79 Å². The molecule has 3 fully saturated rings. The van der Waals surface area contributed by atoms with E-state index >= 15 is 0 Å². The summed E-state index contributed by atoms with van der Waals surface area (Å²) in [5.41, 5.74) is 3.02. The smallest absolute Gasteiger partial charge is 0.350 e. The zero-order chi connectivity index (χ0) is 34.2. The second-order valence-electron chi connectivity index (χ2n) is 12.3. The first kappa shape index (κ1) is 34.6. The topological polar surface area (TPSA) is 126 Å². The second-order valence-corrected chi connectivity index (χ2v) is 12.3. The molecule has 4 unspecified atom stereocenters. The highest BCUT2D eigenvalue weighted by Gasteiger charge is 2.50. The molecule has 49 heavy (non-hydrogen) atoms. The van der Waals surface area contributed by atoms with Crippen LogP contribution >= 0.6 is 0 Å². The van der Waals surface area contributed by atoms with Gasteiger partial charge in [0.1, 0.15) is 37.4 Å². The molecule has 0 saturated carbocycles. The highest BCUT2D eigenvalue weighted by Crippen LogP contribution is 2.32. The van der Waals surface area contributed by atoms with Crippen LogP contribution in [0.2, 0.25) is 0 Å². The molecule has 0 bridgehead atoms. The lowest BCUT2D eigenvalue weighted by molar-refractivity contribution is -0.255. The van der Waals surface area contributed by atoms with E-state index in [2.05, 4.69) is 61.6 Å². The first-order valence-electron chi connectivity index (χ1n) is 17.5. The Morgan fingerprint density at radius 3 is 2.18 bits per heavy atom. The molecule has 3 saturated heterocycles. The van der Waals surface area contributed by atoms with E-state index in [9.17, 15) is 4.79 Å². The third kappa shape index (κ3) is 7.82. The number of rotatable bonds is 11. The predicted octanol–water partition coefficient (Wildman–Crippen LogP) is 3.13. The third-order valence-corrected chi connectivity index (χ3v) is 9.24. The maximum absolute atomic E-state index is 12.8. The zero-order valence-electron chi connectivity index (χ0n) is 29.0. The van der Waals surface area contributed by atoms with Gasteiger partial charge in [0.15, 0.2) is 0 Å². The van der Waals surface area contributed by atoms with Crippen LogP contribution in [0.5, 0.6) is 5.75 Å². The molecule has 264 valence electrons. The Labute approximate surface area is 287 Å². The van der Waals surface area contributed by atoms with Crippen molar-refractivity contribution < 1.29 is 18.9 Å². The maximum atomic E-state index is 12.8. The van der Waals surface area contributed by atoms with Crippen molar-refractivity contribution in [1.82, 2.24) is 34.7 Å². The number of morpholine rings is 1. The number of nitrogens with zero attached hydrogens (tertiary/aromatic N) is 8. The van der Waals surface area contributed by atoms with Crippen molar-refractivity contribution >= 4 is 11.4 Å². The lowest BCUT2D eigenvalue weighted by Gasteiger charge is -2.37. The summed E-state index contributed by atoms with van der Waals surface area (Å²) in [6.45, 7) is 14.8. The molecule has 3 aliphatic heterocycles. The summed E-state index contributed by atoms with van der Waals surface area (Å²) in [5.74, 6) is -0.197. The van der Waals surface area contributed by atoms with Gasteiger partial charge >= 0.3 is 5.69 Å². The predicted molar refractivity (Wildman–Crippen MR) is 187 cm³/mol. The molecule has 1 N–H and O–H groups in total. The van der Waals surface area contributed by atoms with Crippen LogP contribution in [0.4, 0.5) is 11.4 Å². The molecule has 5 heterocycles. The van der Waals surface area contributed by atoms with Crippen LogP contribution in [0.3, 0.4) is 0 Å². The standard InChI is InChI=1S/C33H43N9O5.C2H6/c1-3-25(2)42-32(43)40(24-37-42)28-6-4-26(5-7-28)38-15-17-39(18-16-38)27-8-10-29(11-9-27)45-21-30-22-46-33(47-30,23-41-35-12-13-36-41)31-20-34-14-19-44-31;1-2/h4-13,24-25,30-31,34H,3,14-23H2,1-2H3;1-2H3. The van der Waals surface area contributed by atoms with Crippen molar-refractivity contribution in [3.8, 4) is 11.4 Å². The Balaban J connectivity index is 0.00000205. The van der Waals surface area contributed by atoms with Gasteiger partial charge < -0.3 is 34.1 Å². The number of nitrogens with one attached hydrogen (secondary N) is 1. The SMILES string of the molecule is CC.CCC(C)n1ncn(-c2ccc(N3CCN(c4ccc(OCC5COC(Cn6nccn6)(C6CNCCO6)O5)cc4)CC3)cc2)c1=O. The quantitative estimate of drug-likeness (QED) is 0.252. The average molecular weight is 676 g/mol. The number of hydrogen-bond donors (Lipinski definition) is 1. The lowest BCUT2D eigenvalue weighted by atomic mass is 10.1. The molecule has 7 rings (SSSR count). The molecule has 0 aliphatic carbocycles. The third-order valence-electron chi connectivity index (χ3n) is 9.24. The molecule has 2 aromatic heterocycles. The van der Waals surface area contributed by atoms with Crippen molar-refractivity contribution in [2.75, 3.05) is 68.9 Å². The number of hydrogen-bond acceptors (Lipinski definition) is 11. The summed E-state index contributed by atoms with van der Waals surface area (Å²) in [5, 5.41) is 16.2. The van der Waals surface area contributed by atoms with Gasteiger partial charge in [0.05, 0.1) is 37.3 Å². The molecule has 14 nitrogen and oxygen atoms in total. The molecule has 14 heteroatoms. The van der Waals surface area contributed by atoms with Crippen LogP contribution in [0, 0.1) is 0 Å². The molecule has 4 atom stereocenters. The van der Waals surface area contributed by atoms with Crippen LogP contribution in [-0.2, 0) is 20.8 Å². The number of piperazine rings is 1. The molecule has 0 spiro atoms. The molecule has 4 aromatic rings. The molecular formula is C35H49N9O5. The first-order chi connectivity index (χ1) is 24.0. The van der Waals surface area contributed by atoms with E-state index < -0.39 is 5.79 Å². The van der Waals surface area contributed by atoms with Gasteiger partial charge in [-0.3, -0.25) is 0 Å². The normalized spacial score (nSPS) is 23.2. The summed E-state index contributed by atoms with van der Waals surface area (Å²) in [6.07, 6.45) is 5.22. The van der Waals surface area contributed by atoms with Gasteiger partial charge in [-0.1, -0.05) is 20.8 Å². The van der Waals surface area contributed by atoms with Crippen LogP contribution in [0.25, 0.3) is 5.69 Å². The van der Waals surface area contributed by atoms with Crippen LogP contribution in [0.15, 0.2) is 72.0 Å². The molecule has 3 aliphatic rings. The molecule has 0 amide bonds. The minimum absolute atomic E-state index is 0.0717. The Morgan fingerprint density at radius 1 is 0.939 bits per heavy atom. The van der Waals surface area contributed by atoms with E-state index in [1.807, 2.05) is 45.0 Å². The lowest BCUT2D eigenvalue weighted by Crippen LogP contribution is -2.56. The number of ether oxygens (including phenoxy) is 4. The fraction of sp³-hybridized carbons (Fsp3) is 0.543. The molecule has 0 radical (unpaired) electrons. The van der Waals surface area contributed by atoms with Gasteiger partial charge in [-0.25, -0.2) is 14.0 Å². The van der Waals surface area contributed by atoms with E-state index in [1.54, 1.807) is 32.8 Å². The van der Waals surface area contributed by atoms with Crippen molar-refractivity contribution in [1.29, 1.82) is 0 Å². The first-order valence-corrected chi connectivity index (χ1v) is 17.5. The molecular weight excluding hydrogens is 626 g/mol. The largest absolute Gasteiger partial charge is 0.491 e. The minimum Gasteiger partial charge on any atom is -0.491 e. The van der Waals surface area contributed by atoms with Crippen LogP contribution < -0.4 is 25.5 Å². The molecule has 2 aromatic carbocycles. The minimum atomic E-state index is -0.981. The van der Waals surface area contributed by atoms with Crippen molar-refractivity contribution in [3.63, 3.8) is 0 Å². The maximum Gasteiger partial charge on any atom is 0.350 e. The van der Waals surface area contributed by atoms with Gasteiger partial charge in [-0.05, 0) is 61.9 Å². The Hall–Kier alpha value is -4.24. The monoisotopic (exact) mass is 675 g/mol. The van der Waals surface area contributed by atoms with E-state index in [0.717, 1.165) is 62.0 Å². The fourth-order valence-electron chi connectivity index (χ4n) is 6.35. The summed E-state index contributed by atoms with van der Waals surface area (Å²) in [4.78, 5) is 19.1. The highest BCUT2D eigenvalue weighted by atomic mass is 16.8. The Kier molecular flexibility index (Phi) is 11.3. The summed E-state index contributed by atoms with van der Waals surface area (Å²) in [6, 6.07) is 16.5. The zero-order valence-corrected chi connectivity index (χ0v) is 29.0. The highest BCUT2D eigenvalue weighted by molar-refractivity contribution is 5.54. The fourth-order valence-corrected chi connectivity index (χ4v) is 6.35. The van der Waals surface area contributed by atoms with Gasteiger partial charge in [0, 0.05) is 50.6 Å². The average Bonchev–Trinajstić information content (AvgIpc) is 3.93. The number of aromatic nitrogens is 6. The number of benzene rings is 2. The summed E-state index contributed by atoms with van der Waals surface area (Å²) in [7, 11) is 0. The van der Waals surface area contributed by atoms with Crippen molar-refractivity contribution in [2.24, 2.45) is 0 Å². The van der Waals surface area contributed by atoms with Crippen molar-refractivity contribution in [3.05, 3.63) is 77.7 Å². The van der Waals surface area contributed by atoms with E-state index in [-0.39, 0.29) is 23.9 Å².